The lowest BCUT2D eigenvalue weighted by atomic mass is 10.00. The summed E-state index contributed by atoms with van der Waals surface area (Å²) in [4.78, 5) is 32.3. The van der Waals surface area contributed by atoms with Gasteiger partial charge in [-0.1, -0.05) is 18.2 Å². The van der Waals surface area contributed by atoms with Gasteiger partial charge in [-0.15, -0.1) is 0 Å². The molecule has 0 radical (unpaired) electrons. The molecule has 0 aliphatic carbocycles. The normalized spacial score (nSPS) is 15.2. The molecule has 10 nitrogen and oxygen atoms in total. The van der Waals surface area contributed by atoms with Gasteiger partial charge in [0.25, 0.3) is 5.56 Å². The maximum atomic E-state index is 14.5. The second-order valence-electron chi connectivity index (χ2n) is 9.00. The van der Waals surface area contributed by atoms with Crippen molar-refractivity contribution >= 4 is 22.4 Å². The Morgan fingerprint density at radius 3 is 2.68 bits per heavy atom. The van der Waals surface area contributed by atoms with E-state index >= 15 is 0 Å². The minimum absolute atomic E-state index is 0.0900. The Balaban J connectivity index is 1.39. The van der Waals surface area contributed by atoms with Gasteiger partial charge in [0.05, 0.1) is 24.2 Å². The van der Waals surface area contributed by atoms with Crippen molar-refractivity contribution in [1.82, 2.24) is 34.1 Å². The maximum Gasteiger partial charge on any atom is 0.285 e. The Bertz CT molecular complexity index is 1860. The van der Waals surface area contributed by atoms with Crippen LogP contribution in [0.5, 0.6) is 5.88 Å². The van der Waals surface area contributed by atoms with Crippen molar-refractivity contribution in [1.29, 1.82) is 0 Å². The van der Waals surface area contributed by atoms with E-state index in [9.17, 15) is 9.18 Å². The summed E-state index contributed by atoms with van der Waals surface area (Å²) in [6.45, 7) is 0.699. The van der Waals surface area contributed by atoms with Gasteiger partial charge in [0.1, 0.15) is 17.8 Å². The summed E-state index contributed by atoms with van der Waals surface area (Å²) in [6, 6.07) is 13.9. The second kappa shape index (κ2) is 8.51. The highest BCUT2D eigenvalue weighted by Crippen LogP contribution is 2.42. The van der Waals surface area contributed by atoms with Gasteiger partial charge in [-0.3, -0.25) is 9.36 Å². The Labute approximate surface area is 215 Å². The highest BCUT2D eigenvalue weighted by molar-refractivity contribution is 6.01. The summed E-state index contributed by atoms with van der Waals surface area (Å²) in [5.41, 5.74) is 2.53. The van der Waals surface area contributed by atoms with Crippen molar-refractivity contribution in [2.75, 3.05) is 18.6 Å². The molecule has 1 atom stereocenters. The largest absolute Gasteiger partial charge is 0.481 e. The van der Waals surface area contributed by atoms with Crippen LogP contribution in [0, 0.1) is 5.82 Å². The van der Waals surface area contributed by atoms with Crippen LogP contribution < -0.4 is 15.2 Å². The van der Waals surface area contributed by atoms with E-state index in [0.29, 0.717) is 35.4 Å². The van der Waals surface area contributed by atoms with E-state index in [4.69, 9.17) is 9.84 Å². The molecule has 5 aromatic heterocycles. The SMILES string of the molecule is COc1ccc(-c2c[nH]c3ncnc(N4CC[C@H]4c4nn5ccc(F)c5c(=O)n4-c4ccccc4)c23)cn1. The van der Waals surface area contributed by atoms with E-state index in [2.05, 4.69) is 24.8 Å². The third-order valence-corrected chi connectivity index (χ3v) is 6.97. The lowest BCUT2D eigenvalue weighted by Crippen LogP contribution is -2.45. The molecule has 188 valence electrons. The Hall–Kier alpha value is -5.06. The average molecular weight is 509 g/mol. The number of para-hydroxylation sites is 1. The quantitative estimate of drug-likeness (QED) is 0.376. The van der Waals surface area contributed by atoms with Crippen LogP contribution in [0.4, 0.5) is 10.2 Å². The molecule has 6 heterocycles. The highest BCUT2D eigenvalue weighted by Gasteiger charge is 2.37. The number of halogens is 1. The van der Waals surface area contributed by atoms with Crippen LogP contribution >= 0.6 is 0 Å². The van der Waals surface area contributed by atoms with E-state index < -0.39 is 11.4 Å². The Morgan fingerprint density at radius 2 is 1.95 bits per heavy atom. The van der Waals surface area contributed by atoms with Crippen molar-refractivity contribution in [2.24, 2.45) is 0 Å². The molecule has 1 aliphatic heterocycles. The maximum absolute atomic E-state index is 14.5. The summed E-state index contributed by atoms with van der Waals surface area (Å²) in [7, 11) is 1.58. The molecule has 1 N–H and O–H groups in total. The van der Waals surface area contributed by atoms with E-state index in [1.165, 1.54) is 27.7 Å². The standard InChI is InChI=1S/C27H21FN8O2/c1-38-21-8-7-16(13-29-21)18-14-30-24-22(18)26(32-15-31-24)34-11-10-20(34)25-33-35-12-9-19(28)23(35)27(37)36(25)17-5-3-2-4-6-17/h2-9,12-15,20H,10-11H2,1H3,(H,30,31,32)/t20-/m0/s1. The molecule has 1 aliphatic rings. The molecule has 0 amide bonds. The number of nitrogens with zero attached hydrogens (tertiary/aromatic N) is 7. The number of ether oxygens (including phenoxy) is 1. The van der Waals surface area contributed by atoms with Crippen molar-refractivity contribution < 1.29 is 9.13 Å². The number of nitrogens with one attached hydrogen (secondary N) is 1. The molecule has 11 heteroatoms. The van der Waals surface area contributed by atoms with Gasteiger partial charge in [0.15, 0.2) is 17.2 Å². The number of hydrogen-bond acceptors (Lipinski definition) is 7. The predicted octanol–water partition coefficient (Wildman–Crippen LogP) is 3.92. The number of rotatable bonds is 5. The minimum Gasteiger partial charge on any atom is -0.481 e. The first-order chi connectivity index (χ1) is 18.6. The fourth-order valence-electron chi connectivity index (χ4n) is 5.05. The number of benzene rings is 1. The third-order valence-electron chi connectivity index (χ3n) is 6.97. The topological polar surface area (TPSA) is 106 Å². The Morgan fingerprint density at radius 1 is 1.08 bits per heavy atom. The van der Waals surface area contributed by atoms with E-state index in [-0.39, 0.29) is 11.6 Å². The number of H-pyrrole nitrogens is 1. The molecule has 0 saturated carbocycles. The van der Waals surface area contributed by atoms with Crippen molar-refractivity contribution in [3.63, 3.8) is 0 Å². The summed E-state index contributed by atoms with van der Waals surface area (Å²) in [5.74, 6) is 1.14. The average Bonchev–Trinajstić information content (AvgIpc) is 3.53. The molecule has 7 rings (SSSR count). The van der Waals surface area contributed by atoms with Crippen LogP contribution in [0.15, 0.2) is 78.2 Å². The molecule has 0 spiro atoms. The smallest absolute Gasteiger partial charge is 0.285 e. The van der Waals surface area contributed by atoms with Gasteiger partial charge in [0.2, 0.25) is 5.88 Å². The zero-order valence-electron chi connectivity index (χ0n) is 20.2. The number of methoxy groups -OCH3 is 1. The van der Waals surface area contributed by atoms with E-state index in [0.717, 1.165) is 22.9 Å². The predicted molar refractivity (Wildman–Crippen MR) is 139 cm³/mol. The van der Waals surface area contributed by atoms with Gasteiger partial charge >= 0.3 is 0 Å². The molecular weight excluding hydrogens is 487 g/mol. The molecule has 0 unspecified atom stereocenters. The summed E-state index contributed by atoms with van der Waals surface area (Å²) in [6.07, 6.45) is 7.35. The zero-order chi connectivity index (χ0) is 25.8. The number of hydrogen-bond donors (Lipinski definition) is 1. The van der Waals surface area contributed by atoms with E-state index in [1.807, 2.05) is 42.6 Å². The van der Waals surface area contributed by atoms with Crippen LogP contribution in [0.3, 0.4) is 0 Å². The monoisotopic (exact) mass is 508 g/mol. The van der Waals surface area contributed by atoms with Crippen LogP contribution in [-0.2, 0) is 0 Å². The molecule has 1 fully saturated rings. The van der Waals surface area contributed by atoms with Crippen molar-refractivity contribution in [3.05, 3.63) is 95.4 Å². The summed E-state index contributed by atoms with van der Waals surface area (Å²) >= 11 is 0. The molecule has 1 aromatic carbocycles. The van der Waals surface area contributed by atoms with E-state index in [1.54, 1.807) is 19.4 Å². The lowest BCUT2D eigenvalue weighted by Gasteiger charge is -2.42. The molecular formula is C27H21FN8O2. The molecule has 0 bridgehead atoms. The van der Waals surface area contributed by atoms with Gasteiger partial charge in [-0.25, -0.2) is 23.9 Å². The second-order valence-corrected chi connectivity index (χ2v) is 9.00. The highest BCUT2D eigenvalue weighted by atomic mass is 19.1. The van der Waals surface area contributed by atoms with Crippen LogP contribution in [0.25, 0.3) is 33.4 Å². The number of aromatic nitrogens is 7. The van der Waals surface area contributed by atoms with Gasteiger partial charge in [-0.05, 0) is 30.7 Å². The van der Waals surface area contributed by atoms with Crippen LogP contribution in [0.2, 0.25) is 0 Å². The summed E-state index contributed by atoms with van der Waals surface area (Å²) < 4.78 is 22.6. The summed E-state index contributed by atoms with van der Waals surface area (Å²) in [5, 5.41) is 5.56. The fourth-order valence-corrected chi connectivity index (χ4v) is 5.05. The van der Waals surface area contributed by atoms with Gasteiger partial charge in [-0.2, -0.15) is 5.10 Å². The fraction of sp³-hybridized carbons (Fsp3) is 0.148. The zero-order valence-corrected chi connectivity index (χ0v) is 20.2. The molecule has 1 saturated heterocycles. The van der Waals surface area contributed by atoms with Crippen molar-refractivity contribution in [2.45, 2.75) is 12.5 Å². The Kier molecular flexibility index (Phi) is 4.96. The number of pyridine rings is 1. The first kappa shape index (κ1) is 22.2. The van der Waals surface area contributed by atoms with Gasteiger partial charge in [0, 0.05) is 42.3 Å². The third kappa shape index (κ3) is 3.28. The molecule has 6 aromatic rings. The first-order valence-electron chi connectivity index (χ1n) is 12.1. The lowest BCUT2D eigenvalue weighted by molar-refractivity contribution is 0.398. The van der Waals surface area contributed by atoms with Crippen LogP contribution in [0.1, 0.15) is 18.3 Å². The number of anilines is 1. The van der Waals surface area contributed by atoms with Crippen LogP contribution in [-0.4, -0.2) is 47.8 Å². The molecule has 38 heavy (non-hydrogen) atoms. The minimum atomic E-state index is -0.605. The van der Waals surface area contributed by atoms with Crippen molar-refractivity contribution in [3.8, 4) is 22.7 Å². The number of fused-ring (bicyclic) bond motifs is 2. The van der Waals surface area contributed by atoms with Gasteiger partial charge < -0.3 is 14.6 Å². The first-order valence-corrected chi connectivity index (χ1v) is 12.1. The number of aromatic amines is 1.